The summed E-state index contributed by atoms with van der Waals surface area (Å²) in [5.41, 5.74) is 1.32. The van der Waals surface area contributed by atoms with Crippen molar-refractivity contribution < 1.29 is 14.6 Å². The van der Waals surface area contributed by atoms with Crippen molar-refractivity contribution in [2.45, 2.75) is 49.5 Å². The summed E-state index contributed by atoms with van der Waals surface area (Å²) in [5.74, 6) is -0.446. The maximum Gasteiger partial charge on any atom is 0.338 e. The van der Waals surface area contributed by atoms with E-state index in [1.54, 1.807) is 24.3 Å². The van der Waals surface area contributed by atoms with Crippen LogP contribution in [-0.4, -0.2) is 40.2 Å². The van der Waals surface area contributed by atoms with Crippen molar-refractivity contribution in [1.82, 2.24) is 4.90 Å². The lowest BCUT2D eigenvalue weighted by Crippen LogP contribution is -2.48. The molecule has 4 atom stereocenters. The molecule has 1 aromatic carbocycles. The Bertz CT molecular complexity index is 897. The van der Waals surface area contributed by atoms with Crippen LogP contribution in [0.1, 0.15) is 42.9 Å². The van der Waals surface area contributed by atoms with Crippen molar-refractivity contribution in [3.05, 3.63) is 58.7 Å². The fraction of sp³-hybridized carbons (Fsp3) is 0.429. The molecule has 3 aliphatic heterocycles. The molecule has 4 aliphatic rings. The van der Waals surface area contributed by atoms with Crippen molar-refractivity contribution in [3.63, 3.8) is 0 Å². The molecule has 1 spiro atoms. The summed E-state index contributed by atoms with van der Waals surface area (Å²) in [7, 11) is 0. The van der Waals surface area contributed by atoms with Gasteiger partial charge in [-0.1, -0.05) is 36.8 Å². The fourth-order valence-corrected chi connectivity index (χ4v) is 5.30. The van der Waals surface area contributed by atoms with E-state index >= 15 is 0 Å². The van der Waals surface area contributed by atoms with Gasteiger partial charge < -0.3 is 9.84 Å². The SMILES string of the molecule is N#Cc1ccccc1C(O)C1=C2C=C[C@@H]3C[C@@]2(OC1=O)[C@H]1CCCCN31. The number of aliphatic hydroxyl groups excluding tert-OH is 1. The number of piperidine rings is 1. The highest BCUT2D eigenvalue weighted by atomic mass is 16.6. The first-order valence-corrected chi connectivity index (χ1v) is 9.25. The lowest BCUT2D eigenvalue weighted by Gasteiger charge is -2.37. The highest BCUT2D eigenvalue weighted by Crippen LogP contribution is 2.54. The van der Waals surface area contributed by atoms with Crippen LogP contribution in [0.3, 0.4) is 0 Å². The molecule has 1 unspecified atom stereocenters. The number of carbonyl (C=O) groups is 1. The summed E-state index contributed by atoms with van der Waals surface area (Å²) < 4.78 is 5.99. The van der Waals surface area contributed by atoms with Gasteiger partial charge in [0.15, 0.2) is 5.60 Å². The summed E-state index contributed by atoms with van der Waals surface area (Å²) in [6.07, 6.45) is 7.06. The predicted molar refractivity (Wildman–Crippen MR) is 93.9 cm³/mol. The second-order valence-corrected chi connectivity index (χ2v) is 7.59. The van der Waals surface area contributed by atoms with Crippen LogP contribution < -0.4 is 0 Å². The minimum absolute atomic E-state index is 0.186. The van der Waals surface area contributed by atoms with E-state index in [0.29, 0.717) is 22.7 Å². The number of ether oxygens (including phenoxy) is 1. The average molecular weight is 348 g/mol. The van der Waals surface area contributed by atoms with Gasteiger partial charge in [0, 0.05) is 23.6 Å². The maximum atomic E-state index is 12.8. The average Bonchev–Trinajstić information content (AvgIpc) is 3.12. The second kappa shape index (κ2) is 5.54. The highest BCUT2D eigenvalue weighted by molar-refractivity contribution is 5.96. The highest BCUT2D eigenvalue weighted by Gasteiger charge is 2.62. The number of nitrogens with zero attached hydrogens (tertiary/aromatic N) is 2. The molecule has 1 aliphatic carbocycles. The molecule has 3 heterocycles. The number of benzene rings is 1. The first kappa shape index (κ1) is 15.8. The Labute approximate surface area is 152 Å². The molecule has 1 N–H and O–H groups in total. The summed E-state index contributed by atoms with van der Waals surface area (Å²) in [4.78, 5) is 15.3. The van der Waals surface area contributed by atoms with Crippen LogP contribution in [0, 0.1) is 11.3 Å². The van der Waals surface area contributed by atoms with Crippen LogP contribution in [0.15, 0.2) is 47.6 Å². The molecular weight excluding hydrogens is 328 g/mol. The van der Waals surface area contributed by atoms with Crippen LogP contribution in [-0.2, 0) is 9.53 Å². The third-order valence-corrected chi connectivity index (χ3v) is 6.40. The third-order valence-electron chi connectivity index (χ3n) is 6.40. The Morgan fingerprint density at radius 3 is 3.04 bits per heavy atom. The molecular formula is C21H20N2O3. The number of hydrogen-bond acceptors (Lipinski definition) is 5. The standard InChI is InChI=1S/C21H20N2O3/c22-12-13-5-1-2-6-15(13)19(24)18-16-9-8-14-11-21(16,26-20(18)25)17-7-3-4-10-23(14)17/h1-2,5-6,8-9,14,17,19,24H,3-4,7,10-11H2/t14-,17-,19?,21+/m1/s1. The molecule has 132 valence electrons. The van der Waals surface area contributed by atoms with Crippen molar-refractivity contribution in [2.75, 3.05) is 6.54 Å². The number of aliphatic hydroxyl groups is 1. The van der Waals surface area contributed by atoms with E-state index in [2.05, 4.69) is 17.0 Å². The van der Waals surface area contributed by atoms with Gasteiger partial charge in [-0.2, -0.15) is 5.26 Å². The van der Waals surface area contributed by atoms with Gasteiger partial charge in [0.05, 0.1) is 23.2 Å². The summed E-state index contributed by atoms with van der Waals surface area (Å²) in [5, 5.41) is 20.4. The quantitative estimate of drug-likeness (QED) is 0.831. The Morgan fingerprint density at radius 2 is 2.19 bits per heavy atom. The van der Waals surface area contributed by atoms with E-state index in [4.69, 9.17) is 4.74 Å². The molecule has 5 rings (SSSR count). The lowest BCUT2D eigenvalue weighted by atomic mass is 9.78. The van der Waals surface area contributed by atoms with Gasteiger partial charge >= 0.3 is 5.97 Å². The molecule has 5 nitrogen and oxygen atoms in total. The number of hydrogen-bond donors (Lipinski definition) is 1. The maximum absolute atomic E-state index is 12.8. The molecule has 1 aromatic rings. The zero-order valence-electron chi connectivity index (χ0n) is 14.4. The minimum atomic E-state index is -1.15. The van der Waals surface area contributed by atoms with Gasteiger partial charge in [0.2, 0.25) is 0 Å². The summed E-state index contributed by atoms with van der Waals surface area (Å²) >= 11 is 0. The van der Waals surface area contributed by atoms with Crippen LogP contribution >= 0.6 is 0 Å². The van der Waals surface area contributed by atoms with E-state index in [1.807, 2.05) is 6.08 Å². The molecule has 26 heavy (non-hydrogen) atoms. The Hall–Kier alpha value is -2.42. The Kier molecular flexibility index (Phi) is 3.37. The molecule has 0 amide bonds. The first-order valence-electron chi connectivity index (χ1n) is 9.25. The van der Waals surface area contributed by atoms with Gasteiger partial charge in [0.25, 0.3) is 0 Å². The largest absolute Gasteiger partial charge is 0.449 e. The van der Waals surface area contributed by atoms with Crippen molar-refractivity contribution in [3.8, 4) is 6.07 Å². The van der Waals surface area contributed by atoms with Gasteiger partial charge in [-0.05, 0) is 25.5 Å². The lowest BCUT2D eigenvalue weighted by molar-refractivity contribution is -0.150. The van der Waals surface area contributed by atoms with Gasteiger partial charge in [-0.15, -0.1) is 0 Å². The Balaban J connectivity index is 1.64. The van der Waals surface area contributed by atoms with Crippen LogP contribution in [0.4, 0.5) is 0 Å². The van der Waals surface area contributed by atoms with E-state index in [0.717, 1.165) is 31.4 Å². The van der Waals surface area contributed by atoms with Crippen molar-refractivity contribution in [1.29, 1.82) is 5.26 Å². The van der Waals surface area contributed by atoms with Crippen LogP contribution in [0.2, 0.25) is 0 Å². The monoisotopic (exact) mass is 348 g/mol. The molecule has 2 saturated heterocycles. The second-order valence-electron chi connectivity index (χ2n) is 7.59. The molecule has 2 bridgehead atoms. The molecule has 2 fully saturated rings. The third kappa shape index (κ3) is 1.94. The van der Waals surface area contributed by atoms with E-state index in [9.17, 15) is 15.2 Å². The normalized spacial score (nSPS) is 33.5. The fourth-order valence-electron chi connectivity index (χ4n) is 5.30. The zero-order valence-corrected chi connectivity index (χ0v) is 14.4. The smallest absolute Gasteiger partial charge is 0.338 e. The van der Waals surface area contributed by atoms with Gasteiger partial charge in [0.1, 0.15) is 6.10 Å². The zero-order chi connectivity index (χ0) is 17.9. The number of nitriles is 1. The number of rotatable bonds is 2. The summed E-state index contributed by atoms with van der Waals surface area (Å²) in [6, 6.07) is 9.48. The van der Waals surface area contributed by atoms with Crippen molar-refractivity contribution in [2.24, 2.45) is 0 Å². The van der Waals surface area contributed by atoms with Gasteiger partial charge in [-0.3, -0.25) is 4.90 Å². The van der Waals surface area contributed by atoms with E-state index < -0.39 is 17.7 Å². The Morgan fingerprint density at radius 1 is 1.35 bits per heavy atom. The summed E-state index contributed by atoms with van der Waals surface area (Å²) in [6.45, 7) is 1.03. The van der Waals surface area contributed by atoms with E-state index in [1.165, 1.54) is 6.42 Å². The minimum Gasteiger partial charge on any atom is -0.449 e. The first-order chi connectivity index (χ1) is 12.7. The van der Waals surface area contributed by atoms with E-state index in [-0.39, 0.29) is 6.04 Å². The molecule has 5 heteroatoms. The van der Waals surface area contributed by atoms with Crippen LogP contribution in [0.5, 0.6) is 0 Å². The number of carbonyl (C=O) groups excluding carboxylic acids is 1. The number of fused-ring (bicyclic) bond motifs is 3. The predicted octanol–water partition coefficient (Wildman–Crippen LogP) is 2.38. The molecule has 0 saturated carbocycles. The molecule has 0 aromatic heterocycles. The van der Waals surface area contributed by atoms with Crippen LogP contribution in [0.25, 0.3) is 0 Å². The van der Waals surface area contributed by atoms with Gasteiger partial charge in [-0.25, -0.2) is 4.79 Å². The topological polar surface area (TPSA) is 73.6 Å². The number of esters is 1. The molecule has 0 radical (unpaired) electrons. The van der Waals surface area contributed by atoms with Crippen molar-refractivity contribution >= 4 is 5.97 Å².